The number of hydrogen-bond acceptors (Lipinski definition) is 3. The summed E-state index contributed by atoms with van der Waals surface area (Å²) in [6.45, 7) is 1.65. The van der Waals surface area contributed by atoms with Crippen LogP contribution in [0.15, 0.2) is 12.1 Å². The molecule has 1 saturated heterocycles. The molecule has 1 fully saturated rings. The van der Waals surface area contributed by atoms with Crippen molar-refractivity contribution in [3.63, 3.8) is 0 Å². The molecular formula is C13H14ClFN2O2. The maximum absolute atomic E-state index is 13.5. The summed E-state index contributed by atoms with van der Waals surface area (Å²) in [4.78, 5) is 12.4. The number of hydrogen-bond donors (Lipinski definition) is 2. The Kier molecular flexibility index (Phi) is 3.11. The summed E-state index contributed by atoms with van der Waals surface area (Å²) in [5, 5.41) is 6.03. The third-order valence-corrected chi connectivity index (χ3v) is 4.15. The van der Waals surface area contributed by atoms with Gasteiger partial charge in [0, 0.05) is 25.8 Å². The lowest BCUT2D eigenvalue weighted by Gasteiger charge is -2.34. The van der Waals surface area contributed by atoms with Gasteiger partial charge in [-0.2, -0.15) is 0 Å². The highest BCUT2D eigenvalue weighted by Crippen LogP contribution is 2.38. The van der Waals surface area contributed by atoms with Gasteiger partial charge < -0.3 is 15.4 Å². The van der Waals surface area contributed by atoms with Crippen LogP contribution in [0.4, 0.5) is 15.8 Å². The van der Waals surface area contributed by atoms with E-state index in [9.17, 15) is 9.18 Å². The molecule has 0 aliphatic carbocycles. The summed E-state index contributed by atoms with van der Waals surface area (Å²) >= 11 is 5.76. The van der Waals surface area contributed by atoms with Gasteiger partial charge in [0.1, 0.15) is 5.82 Å². The van der Waals surface area contributed by atoms with Gasteiger partial charge in [-0.25, -0.2) is 4.39 Å². The van der Waals surface area contributed by atoms with Crippen molar-refractivity contribution in [1.82, 2.24) is 0 Å². The van der Waals surface area contributed by atoms with Crippen LogP contribution in [0.5, 0.6) is 0 Å². The van der Waals surface area contributed by atoms with E-state index in [1.54, 1.807) is 0 Å². The normalized spacial score (nSPS) is 21.3. The maximum atomic E-state index is 13.5. The van der Waals surface area contributed by atoms with E-state index in [1.165, 1.54) is 12.1 Å². The Morgan fingerprint density at radius 2 is 2.00 bits per heavy atom. The first-order chi connectivity index (χ1) is 9.11. The molecule has 0 bridgehead atoms. The fourth-order valence-electron chi connectivity index (χ4n) is 2.56. The quantitative estimate of drug-likeness (QED) is 0.770. The number of benzene rings is 1. The second-order valence-electron chi connectivity index (χ2n) is 5.01. The summed E-state index contributed by atoms with van der Waals surface area (Å²) in [7, 11) is 0. The van der Waals surface area contributed by atoms with Crippen molar-refractivity contribution in [2.75, 3.05) is 30.4 Å². The molecule has 1 aromatic rings. The Morgan fingerprint density at radius 1 is 1.26 bits per heavy atom. The summed E-state index contributed by atoms with van der Waals surface area (Å²) in [5.74, 6) is -0.616. The Labute approximate surface area is 115 Å². The number of fused-ring (bicyclic) bond motifs is 1. The van der Waals surface area contributed by atoms with Gasteiger partial charge >= 0.3 is 0 Å². The summed E-state index contributed by atoms with van der Waals surface area (Å²) in [5.41, 5.74) is 0.610. The predicted molar refractivity (Wildman–Crippen MR) is 71.0 cm³/mol. The zero-order chi connectivity index (χ0) is 13.5. The van der Waals surface area contributed by atoms with Crippen LogP contribution >= 0.6 is 11.6 Å². The summed E-state index contributed by atoms with van der Waals surface area (Å²) in [6.07, 6.45) is 1.33. The minimum atomic E-state index is -0.537. The van der Waals surface area contributed by atoms with Crippen molar-refractivity contribution < 1.29 is 13.9 Å². The van der Waals surface area contributed by atoms with Crippen molar-refractivity contribution in [3.05, 3.63) is 23.0 Å². The topological polar surface area (TPSA) is 50.4 Å². The molecule has 19 heavy (non-hydrogen) atoms. The number of carbonyl (C=O) groups is 1. The Bertz CT molecular complexity index is 530. The van der Waals surface area contributed by atoms with Gasteiger partial charge in [-0.1, -0.05) is 11.6 Å². The Morgan fingerprint density at radius 3 is 2.74 bits per heavy atom. The second kappa shape index (κ2) is 4.65. The average Bonchev–Trinajstić information content (AvgIpc) is 2.52. The van der Waals surface area contributed by atoms with E-state index in [0.717, 1.165) is 0 Å². The van der Waals surface area contributed by atoms with E-state index in [2.05, 4.69) is 10.6 Å². The van der Waals surface area contributed by atoms with Crippen molar-refractivity contribution >= 4 is 28.9 Å². The van der Waals surface area contributed by atoms with Gasteiger partial charge in [0.05, 0.1) is 21.8 Å². The number of rotatable bonds is 0. The molecule has 0 atom stereocenters. The van der Waals surface area contributed by atoms with Crippen molar-refractivity contribution in [2.45, 2.75) is 12.8 Å². The SMILES string of the molecule is O=C1Nc2cc(F)c(Cl)cc2NCC12CCOCC2. The number of halogens is 2. The fraction of sp³-hybridized carbons (Fsp3) is 0.462. The van der Waals surface area contributed by atoms with Crippen LogP contribution in [0.25, 0.3) is 0 Å². The zero-order valence-corrected chi connectivity index (χ0v) is 11.0. The molecule has 0 unspecified atom stereocenters. The number of nitrogens with one attached hydrogen (secondary N) is 2. The molecule has 0 radical (unpaired) electrons. The van der Waals surface area contributed by atoms with Gasteiger partial charge in [0.15, 0.2) is 0 Å². The van der Waals surface area contributed by atoms with Crippen LogP contribution in [-0.2, 0) is 9.53 Å². The van der Waals surface area contributed by atoms with Crippen LogP contribution < -0.4 is 10.6 Å². The number of amides is 1. The van der Waals surface area contributed by atoms with Crippen LogP contribution in [0.2, 0.25) is 5.02 Å². The first-order valence-corrected chi connectivity index (χ1v) is 6.61. The fourth-order valence-corrected chi connectivity index (χ4v) is 2.73. The molecule has 0 aromatic heterocycles. The van der Waals surface area contributed by atoms with Gasteiger partial charge in [-0.15, -0.1) is 0 Å². The molecule has 6 heteroatoms. The lowest BCUT2D eigenvalue weighted by Crippen LogP contribution is -2.44. The smallest absolute Gasteiger partial charge is 0.232 e. The number of ether oxygens (including phenoxy) is 1. The van der Waals surface area contributed by atoms with E-state index < -0.39 is 11.2 Å². The van der Waals surface area contributed by atoms with Crippen LogP contribution in [0.3, 0.4) is 0 Å². The van der Waals surface area contributed by atoms with E-state index >= 15 is 0 Å². The molecule has 102 valence electrons. The molecule has 0 saturated carbocycles. The average molecular weight is 285 g/mol. The lowest BCUT2D eigenvalue weighted by atomic mass is 9.79. The third kappa shape index (κ3) is 2.17. The molecule has 2 heterocycles. The van der Waals surface area contributed by atoms with Crippen LogP contribution in [0, 0.1) is 11.2 Å². The largest absolute Gasteiger partial charge is 0.382 e. The Balaban J connectivity index is 1.95. The van der Waals surface area contributed by atoms with E-state index in [0.29, 0.717) is 44.0 Å². The van der Waals surface area contributed by atoms with Crippen molar-refractivity contribution in [1.29, 1.82) is 0 Å². The van der Waals surface area contributed by atoms with Gasteiger partial charge in [0.2, 0.25) is 5.91 Å². The lowest BCUT2D eigenvalue weighted by molar-refractivity contribution is -0.129. The first kappa shape index (κ1) is 12.7. The van der Waals surface area contributed by atoms with Crippen molar-refractivity contribution in [3.8, 4) is 0 Å². The molecule has 1 spiro atoms. The van der Waals surface area contributed by atoms with Gasteiger partial charge in [0.25, 0.3) is 0 Å². The number of anilines is 2. The van der Waals surface area contributed by atoms with E-state index in [1.807, 2.05) is 0 Å². The highest BCUT2D eigenvalue weighted by molar-refractivity contribution is 6.31. The zero-order valence-electron chi connectivity index (χ0n) is 10.3. The molecule has 2 N–H and O–H groups in total. The molecule has 3 rings (SSSR count). The highest BCUT2D eigenvalue weighted by Gasteiger charge is 2.41. The van der Waals surface area contributed by atoms with Crippen LogP contribution in [0.1, 0.15) is 12.8 Å². The standard InChI is InChI=1S/C13H14ClFN2O2/c14-8-5-10-11(6-9(8)15)17-12(18)13(7-16-10)1-3-19-4-2-13/h5-6,16H,1-4,7H2,(H,17,18). The molecule has 1 amide bonds. The predicted octanol–water partition coefficient (Wildman–Crippen LogP) is 2.64. The molecule has 2 aliphatic rings. The molecule has 1 aromatic carbocycles. The Hall–Kier alpha value is -1.33. The molecule has 4 nitrogen and oxygen atoms in total. The number of carbonyl (C=O) groups excluding carboxylic acids is 1. The highest BCUT2D eigenvalue weighted by atomic mass is 35.5. The maximum Gasteiger partial charge on any atom is 0.232 e. The second-order valence-corrected chi connectivity index (χ2v) is 5.42. The molecular weight excluding hydrogens is 271 g/mol. The van der Waals surface area contributed by atoms with Crippen molar-refractivity contribution in [2.24, 2.45) is 5.41 Å². The van der Waals surface area contributed by atoms with Crippen LogP contribution in [-0.4, -0.2) is 25.7 Å². The molecule has 2 aliphatic heterocycles. The van der Waals surface area contributed by atoms with Gasteiger partial charge in [-0.3, -0.25) is 4.79 Å². The summed E-state index contributed by atoms with van der Waals surface area (Å²) < 4.78 is 18.8. The van der Waals surface area contributed by atoms with E-state index in [4.69, 9.17) is 16.3 Å². The van der Waals surface area contributed by atoms with E-state index in [-0.39, 0.29) is 10.9 Å². The monoisotopic (exact) mass is 284 g/mol. The minimum absolute atomic E-state index is 0.0448. The summed E-state index contributed by atoms with van der Waals surface area (Å²) in [6, 6.07) is 2.76. The minimum Gasteiger partial charge on any atom is -0.382 e. The third-order valence-electron chi connectivity index (χ3n) is 3.86. The van der Waals surface area contributed by atoms with Gasteiger partial charge in [-0.05, 0) is 18.9 Å². The first-order valence-electron chi connectivity index (χ1n) is 6.23.